The summed E-state index contributed by atoms with van der Waals surface area (Å²) in [7, 11) is -4.64. The first-order valence-corrected chi connectivity index (χ1v) is 14.4. The average Bonchev–Trinajstić information content (AvgIpc) is 3.58. The lowest BCUT2D eigenvalue weighted by molar-refractivity contribution is -0.390. The van der Waals surface area contributed by atoms with E-state index >= 15 is 8.63 Å². The van der Waals surface area contributed by atoms with Gasteiger partial charge in [0.25, 0.3) is 0 Å². The third-order valence-corrected chi connectivity index (χ3v) is 7.77. The van der Waals surface area contributed by atoms with Crippen molar-refractivity contribution in [2.75, 3.05) is 0 Å². The van der Waals surface area contributed by atoms with Crippen LogP contribution in [0.25, 0.3) is 17.0 Å². The van der Waals surface area contributed by atoms with Gasteiger partial charge in [-0.25, -0.2) is 4.99 Å². The fraction of sp³-hybridized carbons (Fsp3) is 0.229. The molecular formula is C35H33BF2N2O2. The number of aromatic amines is 1. The molecule has 0 saturated carbocycles. The normalized spacial score (nSPS) is 17.6. The molecule has 3 heterocycles. The average molecular weight is 562 g/mol. The molecule has 2 aliphatic rings. The molecule has 0 atom stereocenters. The standard InChI is InChI=1S/C35H32BF2N2O2/c1-7-22-15-13-17-24(19-22)32-26(9-3)28(11-5)34(39-32)30-21-31(42-36(37,38)41-30)35-29(12-6)27(10-4)33(40-35)25-18-14-16-23(8-2)20-25/h1-2,13-21,39H,9-12H2,3-6H3/q-1/p+1/b35-31-. The topological polar surface area (TPSA) is 48.2 Å². The highest BCUT2D eigenvalue weighted by atomic mass is 19.3. The van der Waals surface area contributed by atoms with Crippen molar-refractivity contribution in [3.63, 3.8) is 0 Å². The van der Waals surface area contributed by atoms with Crippen LogP contribution < -0.4 is 4.99 Å². The van der Waals surface area contributed by atoms with Crippen LogP contribution >= 0.6 is 0 Å². The number of aromatic nitrogens is 1. The highest BCUT2D eigenvalue weighted by Crippen LogP contribution is 2.39. The highest BCUT2D eigenvalue weighted by Gasteiger charge is 2.42. The zero-order chi connectivity index (χ0) is 30.0. The summed E-state index contributed by atoms with van der Waals surface area (Å²) in [5.74, 6) is 5.42. The van der Waals surface area contributed by atoms with Crippen LogP contribution in [0.4, 0.5) is 8.63 Å². The number of rotatable bonds is 7. The number of halogens is 2. The number of terminal acetylenes is 2. The summed E-state index contributed by atoms with van der Waals surface area (Å²) in [4.78, 5) is 6.82. The van der Waals surface area contributed by atoms with Gasteiger partial charge in [-0.2, -0.15) is 0 Å². The Balaban J connectivity index is 1.71. The van der Waals surface area contributed by atoms with Gasteiger partial charge in [0, 0.05) is 39.6 Å². The Labute approximate surface area is 246 Å². The van der Waals surface area contributed by atoms with E-state index in [1.807, 2.05) is 76.2 Å². The second-order valence-corrected chi connectivity index (χ2v) is 10.2. The third kappa shape index (κ3) is 5.19. The van der Waals surface area contributed by atoms with Crippen molar-refractivity contribution in [3.05, 3.63) is 111 Å². The van der Waals surface area contributed by atoms with Crippen LogP contribution in [-0.2, 0) is 22.2 Å². The van der Waals surface area contributed by atoms with E-state index in [1.54, 1.807) is 6.08 Å². The second-order valence-electron chi connectivity index (χ2n) is 10.2. The maximum absolute atomic E-state index is 15.3. The molecule has 3 aromatic rings. The monoisotopic (exact) mass is 562 g/mol. The predicted octanol–water partition coefficient (Wildman–Crippen LogP) is 6.44. The van der Waals surface area contributed by atoms with Gasteiger partial charge in [0.1, 0.15) is 5.76 Å². The second kappa shape index (κ2) is 11.6. The molecule has 2 aromatic carbocycles. The van der Waals surface area contributed by atoms with Gasteiger partial charge in [-0.05, 0) is 72.7 Å². The summed E-state index contributed by atoms with van der Waals surface area (Å²) in [5.41, 5.74) is 9.88. The molecule has 0 saturated heterocycles. The lowest BCUT2D eigenvalue weighted by Gasteiger charge is -2.34. The number of allylic oxidation sites excluding steroid dienone is 3. The molecule has 1 aromatic heterocycles. The molecule has 212 valence electrons. The van der Waals surface area contributed by atoms with Crippen molar-refractivity contribution < 1.29 is 22.9 Å². The Morgan fingerprint density at radius 2 is 1.38 bits per heavy atom. The Morgan fingerprint density at radius 3 is 1.98 bits per heavy atom. The van der Waals surface area contributed by atoms with Gasteiger partial charge in [-0.1, -0.05) is 57.7 Å². The lowest BCUT2D eigenvalue weighted by Crippen LogP contribution is -2.69. The Morgan fingerprint density at radius 1 is 0.786 bits per heavy atom. The van der Waals surface area contributed by atoms with Gasteiger partial charge in [0.05, 0.1) is 5.69 Å². The zero-order valence-corrected chi connectivity index (χ0v) is 24.3. The van der Waals surface area contributed by atoms with Crippen LogP contribution in [0.2, 0.25) is 0 Å². The molecule has 0 radical (unpaired) electrons. The van der Waals surface area contributed by atoms with E-state index in [2.05, 4.69) is 21.8 Å². The zero-order valence-electron chi connectivity index (χ0n) is 24.3. The van der Waals surface area contributed by atoms with E-state index in [1.165, 1.54) is 0 Å². The van der Waals surface area contributed by atoms with E-state index in [0.29, 0.717) is 37.1 Å². The molecule has 2 N–H and O–H groups in total. The molecule has 0 unspecified atom stereocenters. The maximum Gasteiger partial charge on any atom is 0.726 e. The number of nitrogens with one attached hydrogen (secondary N) is 2. The molecule has 0 bridgehead atoms. The van der Waals surface area contributed by atoms with Crippen molar-refractivity contribution in [2.45, 2.75) is 53.4 Å². The summed E-state index contributed by atoms with van der Waals surface area (Å²) in [6.07, 6.45) is 15.5. The molecule has 0 aliphatic carbocycles. The minimum absolute atomic E-state index is 0.0396. The fourth-order valence-electron chi connectivity index (χ4n) is 5.93. The van der Waals surface area contributed by atoms with Crippen LogP contribution in [0.5, 0.6) is 0 Å². The number of hydrogen-bond donors (Lipinski definition) is 2. The number of hydrogen-bond acceptors (Lipinski definition) is 2. The largest absolute Gasteiger partial charge is 0.726 e. The third-order valence-electron chi connectivity index (χ3n) is 7.77. The first-order chi connectivity index (χ1) is 20.3. The molecular weight excluding hydrogens is 529 g/mol. The van der Waals surface area contributed by atoms with E-state index in [0.717, 1.165) is 55.9 Å². The fourth-order valence-corrected chi connectivity index (χ4v) is 5.93. The van der Waals surface area contributed by atoms with Crippen LogP contribution in [0, 0.1) is 24.7 Å². The molecule has 7 heteroatoms. The molecule has 0 fully saturated rings. The minimum Gasteiger partial charge on any atom is -0.626 e. The minimum atomic E-state index is -4.64. The van der Waals surface area contributed by atoms with Gasteiger partial charge in [-0.3, -0.25) is 0 Å². The molecule has 42 heavy (non-hydrogen) atoms. The quantitative estimate of drug-likeness (QED) is 0.257. The van der Waals surface area contributed by atoms with Crippen molar-refractivity contribution >= 4 is 18.6 Å². The van der Waals surface area contributed by atoms with Crippen LogP contribution in [0.15, 0.2) is 77.2 Å². The summed E-state index contributed by atoms with van der Waals surface area (Å²) in [6, 6.07) is 15.2. The van der Waals surface area contributed by atoms with Crippen LogP contribution in [-0.4, -0.2) is 17.8 Å². The molecule has 0 spiro atoms. The SMILES string of the molecule is C#Cc1cccc(C2=[NH+]/C(=C3/C=C(c4[nH]c(-c5cccc(C#C)c5)c(CC)c4CC)O[B-](F)(F)O3)C(CC)=C2CC)c1. The van der Waals surface area contributed by atoms with Crippen molar-refractivity contribution in [1.82, 2.24) is 4.98 Å². The first kappa shape index (κ1) is 28.8. The van der Waals surface area contributed by atoms with Crippen molar-refractivity contribution in [3.8, 4) is 35.9 Å². The summed E-state index contributed by atoms with van der Waals surface area (Å²) in [5, 5.41) is 0. The van der Waals surface area contributed by atoms with E-state index in [4.69, 9.17) is 22.2 Å². The van der Waals surface area contributed by atoms with Crippen molar-refractivity contribution in [2.24, 2.45) is 0 Å². The van der Waals surface area contributed by atoms with Crippen molar-refractivity contribution in [1.29, 1.82) is 0 Å². The van der Waals surface area contributed by atoms with E-state index in [9.17, 15) is 0 Å². The highest BCUT2D eigenvalue weighted by molar-refractivity contribution is 6.53. The molecule has 2 aliphatic heterocycles. The van der Waals surface area contributed by atoms with Gasteiger partial charge in [-0.15, -0.1) is 12.8 Å². The Hall–Kier alpha value is -4.75. The Bertz CT molecular complexity index is 1780. The molecule has 5 rings (SSSR count). The molecule has 4 nitrogen and oxygen atoms in total. The van der Waals surface area contributed by atoms with Crippen LogP contribution in [0.3, 0.4) is 0 Å². The summed E-state index contributed by atoms with van der Waals surface area (Å²) in [6.45, 7) is 8.11. The van der Waals surface area contributed by atoms with Crippen LogP contribution in [0.1, 0.15) is 74.0 Å². The van der Waals surface area contributed by atoms with Gasteiger partial charge < -0.3 is 22.9 Å². The summed E-state index contributed by atoms with van der Waals surface area (Å²) >= 11 is 0. The van der Waals surface area contributed by atoms with Gasteiger partial charge >= 0.3 is 7.11 Å². The van der Waals surface area contributed by atoms with Gasteiger partial charge in [0.15, 0.2) is 5.76 Å². The van der Waals surface area contributed by atoms with E-state index < -0.39 is 7.11 Å². The lowest BCUT2D eigenvalue weighted by atomic mass is 9.94. The number of benzene rings is 2. The summed E-state index contributed by atoms with van der Waals surface area (Å²) < 4.78 is 41.0. The number of H-pyrrole nitrogens is 1. The predicted molar refractivity (Wildman–Crippen MR) is 165 cm³/mol. The van der Waals surface area contributed by atoms with E-state index in [-0.39, 0.29) is 11.5 Å². The molecule has 0 amide bonds. The maximum atomic E-state index is 15.3. The van der Waals surface area contributed by atoms with Gasteiger partial charge in [0.2, 0.25) is 11.4 Å². The first-order valence-electron chi connectivity index (χ1n) is 14.4. The Kier molecular flexibility index (Phi) is 7.96. The smallest absolute Gasteiger partial charge is 0.626 e.